The minimum absolute atomic E-state index is 0.126. The zero-order chi connectivity index (χ0) is 11.5. The van der Waals surface area contributed by atoms with Crippen molar-refractivity contribution in [3.8, 4) is 6.07 Å². The van der Waals surface area contributed by atoms with Crippen LogP contribution in [-0.4, -0.2) is 17.0 Å². The number of carboxylic acid groups (broad SMARTS) is 1. The lowest BCUT2D eigenvalue weighted by Gasteiger charge is -2.10. The fraction of sp³-hybridized carbons (Fsp3) is 0.200. The molecule has 1 aromatic rings. The number of alkyl halides is 2. The molecule has 0 heterocycles. The zero-order valence-corrected chi connectivity index (χ0v) is 7.58. The van der Waals surface area contributed by atoms with Gasteiger partial charge in [-0.3, -0.25) is 0 Å². The molecule has 0 atom stereocenters. The van der Waals surface area contributed by atoms with E-state index in [-0.39, 0.29) is 11.1 Å². The fourth-order valence-corrected chi connectivity index (χ4v) is 1.08. The number of carboxylic acids is 1. The van der Waals surface area contributed by atoms with Crippen LogP contribution in [0.3, 0.4) is 0 Å². The van der Waals surface area contributed by atoms with Gasteiger partial charge in [-0.25, -0.2) is 4.79 Å². The summed E-state index contributed by atoms with van der Waals surface area (Å²) < 4.78 is 25.6. The van der Waals surface area contributed by atoms with E-state index in [0.717, 1.165) is 0 Å². The van der Waals surface area contributed by atoms with E-state index in [1.165, 1.54) is 24.3 Å². The molecule has 0 saturated heterocycles. The summed E-state index contributed by atoms with van der Waals surface area (Å²) in [6, 6.07) is 7.29. The van der Waals surface area contributed by atoms with Crippen molar-refractivity contribution >= 4 is 5.97 Å². The first-order valence-electron chi connectivity index (χ1n) is 4.06. The highest BCUT2D eigenvalue weighted by atomic mass is 19.3. The van der Waals surface area contributed by atoms with Crippen LogP contribution in [0.5, 0.6) is 0 Å². The molecule has 0 aliphatic carbocycles. The Morgan fingerprint density at radius 2 is 2.20 bits per heavy atom. The number of rotatable bonds is 3. The number of carbonyl (C=O) groups is 1. The van der Waals surface area contributed by atoms with Crippen LogP contribution >= 0.6 is 0 Å². The van der Waals surface area contributed by atoms with Crippen LogP contribution in [0, 0.1) is 11.3 Å². The second-order valence-electron chi connectivity index (χ2n) is 3.00. The molecule has 0 unspecified atom stereocenters. The summed E-state index contributed by atoms with van der Waals surface area (Å²) in [5.41, 5.74) is 0.357. The molecule has 0 saturated carbocycles. The van der Waals surface area contributed by atoms with Gasteiger partial charge in [-0.2, -0.15) is 14.0 Å². The van der Waals surface area contributed by atoms with Gasteiger partial charge in [0, 0.05) is 6.42 Å². The van der Waals surface area contributed by atoms with Crippen molar-refractivity contribution in [2.45, 2.75) is 12.3 Å². The van der Waals surface area contributed by atoms with E-state index in [1.807, 2.05) is 0 Å². The smallest absolute Gasteiger partial charge is 0.374 e. The number of hydrogen-bond acceptors (Lipinski definition) is 2. The predicted molar refractivity (Wildman–Crippen MR) is 47.4 cm³/mol. The summed E-state index contributed by atoms with van der Waals surface area (Å²) >= 11 is 0. The second-order valence-corrected chi connectivity index (χ2v) is 3.00. The first-order valence-corrected chi connectivity index (χ1v) is 4.06. The highest BCUT2D eigenvalue weighted by Crippen LogP contribution is 2.20. The monoisotopic (exact) mass is 211 g/mol. The first-order chi connectivity index (χ1) is 6.95. The number of hydrogen-bond donors (Lipinski definition) is 1. The van der Waals surface area contributed by atoms with Crippen molar-refractivity contribution in [3.05, 3.63) is 35.4 Å². The zero-order valence-electron chi connectivity index (χ0n) is 7.58. The normalized spacial score (nSPS) is 10.7. The highest BCUT2D eigenvalue weighted by Gasteiger charge is 2.38. The van der Waals surface area contributed by atoms with E-state index < -0.39 is 18.3 Å². The fourth-order valence-electron chi connectivity index (χ4n) is 1.08. The van der Waals surface area contributed by atoms with Gasteiger partial charge in [0.25, 0.3) is 0 Å². The molecule has 0 aliphatic heterocycles. The van der Waals surface area contributed by atoms with E-state index in [0.29, 0.717) is 0 Å². The number of nitriles is 1. The SMILES string of the molecule is N#Cc1cccc(CC(F)(F)C(=O)O)c1. The summed E-state index contributed by atoms with van der Waals surface area (Å²) in [6.07, 6.45) is -0.905. The molecule has 0 bridgehead atoms. The molecule has 1 aromatic carbocycles. The Bertz CT molecular complexity index is 424. The van der Waals surface area contributed by atoms with Gasteiger partial charge >= 0.3 is 11.9 Å². The van der Waals surface area contributed by atoms with E-state index >= 15 is 0 Å². The largest absolute Gasteiger partial charge is 0.477 e. The number of halogens is 2. The number of nitrogens with zero attached hydrogens (tertiary/aromatic N) is 1. The molecule has 0 aliphatic rings. The minimum Gasteiger partial charge on any atom is -0.477 e. The summed E-state index contributed by atoms with van der Waals surface area (Å²) in [7, 11) is 0. The standard InChI is InChI=1S/C10H7F2NO2/c11-10(12,9(14)15)5-7-2-1-3-8(4-7)6-13/h1-4H,5H2,(H,14,15). The van der Waals surface area contributed by atoms with Crippen LogP contribution < -0.4 is 0 Å². The minimum atomic E-state index is -3.80. The van der Waals surface area contributed by atoms with Crippen molar-refractivity contribution in [3.63, 3.8) is 0 Å². The van der Waals surface area contributed by atoms with E-state index in [9.17, 15) is 13.6 Å². The molecular formula is C10H7F2NO2. The molecule has 0 fully saturated rings. The third-order valence-electron chi connectivity index (χ3n) is 1.80. The third-order valence-corrected chi connectivity index (χ3v) is 1.80. The molecule has 0 aromatic heterocycles. The molecular weight excluding hydrogens is 204 g/mol. The second kappa shape index (κ2) is 4.05. The average Bonchev–Trinajstić information content (AvgIpc) is 2.17. The number of aliphatic carboxylic acids is 1. The lowest BCUT2D eigenvalue weighted by atomic mass is 10.1. The maximum absolute atomic E-state index is 12.8. The number of benzene rings is 1. The maximum atomic E-state index is 12.8. The van der Waals surface area contributed by atoms with Crippen LogP contribution in [0.2, 0.25) is 0 Å². The van der Waals surface area contributed by atoms with Gasteiger partial charge < -0.3 is 5.11 Å². The predicted octanol–water partition coefficient (Wildman–Crippen LogP) is 1.82. The summed E-state index contributed by atoms with van der Waals surface area (Å²) in [5, 5.41) is 16.7. The first kappa shape index (κ1) is 11.1. The van der Waals surface area contributed by atoms with Gasteiger partial charge in [-0.05, 0) is 17.7 Å². The van der Waals surface area contributed by atoms with Gasteiger partial charge in [0.1, 0.15) is 0 Å². The average molecular weight is 211 g/mol. The molecule has 1 rings (SSSR count). The maximum Gasteiger partial charge on any atom is 0.374 e. The van der Waals surface area contributed by atoms with Crippen molar-refractivity contribution < 1.29 is 18.7 Å². The summed E-state index contributed by atoms with van der Waals surface area (Å²) in [5.74, 6) is -5.96. The Morgan fingerprint density at radius 3 is 2.73 bits per heavy atom. The Morgan fingerprint density at radius 1 is 1.53 bits per heavy atom. The molecule has 0 amide bonds. The lowest BCUT2D eigenvalue weighted by molar-refractivity contribution is -0.164. The van der Waals surface area contributed by atoms with Crippen LogP contribution in [-0.2, 0) is 11.2 Å². The lowest BCUT2D eigenvalue weighted by Crippen LogP contribution is -2.30. The molecule has 3 nitrogen and oxygen atoms in total. The van der Waals surface area contributed by atoms with Gasteiger partial charge in [0.05, 0.1) is 11.6 Å². The molecule has 0 radical (unpaired) electrons. The Balaban J connectivity index is 2.91. The highest BCUT2D eigenvalue weighted by molar-refractivity contribution is 5.75. The van der Waals surface area contributed by atoms with Crippen LogP contribution in [0.4, 0.5) is 8.78 Å². The topological polar surface area (TPSA) is 61.1 Å². The van der Waals surface area contributed by atoms with Gasteiger partial charge in [0.15, 0.2) is 0 Å². The summed E-state index contributed by atoms with van der Waals surface area (Å²) in [4.78, 5) is 10.2. The molecule has 78 valence electrons. The van der Waals surface area contributed by atoms with Gasteiger partial charge in [-0.1, -0.05) is 12.1 Å². The van der Waals surface area contributed by atoms with Crippen molar-refractivity contribution in [2.75, 3.05) is 0 Å². The van der Waals surface area contributed by atoms with E-state index in [2.05, 4.69) is 0 Å². The van der Waals surface area contributed by atoms with Crippen molar-refractivity contribution in [2.24, 2.45) is 0 Å². The molecule has 5 heteroatoms. The molecule has 1 N–H and O–H groups in total. The summed E-state index contributed by atoms with van der Waals surface area (Å²) in [6.45, 7) is 0. The Hall–Kier alpha value is -1.96. The van der Waals surface area contributed by atoms with Crippen LogP contribution in [0.15, 0.2) is 24.3 Å². The van der Waals surface area contributed by atoms with Gasteiger partial charge in [0.2, 0.25) is 0 Å². The quantitative estimate of drug-likeness (QED) is 0.829. The van der Waals surface area contributed by atoms with Crippen molar-refractivity contribution in [1.29, 1.82) is 5.26 Å². The van der Waals surface area contributed by atoms with E-state index in [4.69, 9.17) is 10.4 Å². The van der Waals surface area contributed by atoms with Gasteiger partial charge in [-0.15, -0.1) is 0 Å². The van der Waals surface area contributed by atoms with Crippen molar-refractivity contribution in [1.82, 2.24) is 0 Å². The third kappa shape index (κ3) is 2.74. The Kier molecular flexibility index (Phi) is 3.00. The van der Waals surface area contributed by atoms with E-state index in [1.54, 1.807) is 6.07 Å². The Labute approximate surface area is 84.6 Å². The van der Waals surface area contributed by atoms with Crippen LogP contribution in [0.25, 0.3) is 0 Å². The molecule has 0 spiro atoms. The van der Waals surface area contributed by atoms with Crippen LogP contribution in [0.1, 0.15) is 11.1 Å². The molecule has 15 heavy (non-hydrogen) atoms.